The third-order valence-corrected chi connectivity index (χ3v) is 5.08. The van der Waals surface area contributed by atoms with Crippen LogP contribution in [-0.4, -0.2) is 14.8 Å². The van der Waals surface area contributed by atoms with Crippen molar-refractivity contribution < 1.29 is 8.78 Å². The Balaban J connectivity index is 1.83. The van der Waals surface area contributed by atoms with E-state index in [1.807, 2.05) is 30.7 Å². The first kappa shape index (κ1) is 16.9. The topological polar surface area (TPSA) is 30.7 Å². The summed E-state index contributed by atoms with van der Waals surface area (Å²) in [7, 11) is 1.87. The van der Waals surface area contributed by atoms with Crippen LogP contribution in [0.1, 0.15) is 17.7 Å². The zero-order chi connectivity index (χ0) is 17.3. The van der Waals surface area contributed by atoms with Crippen molar-refractivity contribution in [2.24, 2.45) is 7.05 Å². The number of halogens is 3. The zero-order valence-corrected chi connectivity index (χ0v) is 14.6. The van der Waals surface area contributed by atoms with E-state index in [2.05, 4.69) is 10.2 Å². The van der Waals surface area contributed by atoms with E-state index in [0.29, 0.717) is 21.6 Å². The summed E-state index contributed by atoms with van der Waals surface area (Å²) < 4.78 is 28.3. The zero-order valence-electron chi connectivity index (χ0n) is 13.0. The summed E-state index contributed by atoms with van der Waals surface area (Å²) in [4.78, 5) is 0. The van der Waals surface area contributed by atoms with Gasteiger partial charge in [-0.1, -0.05) is 29.4 Å². The summed E-state index contributed by atoms with van der Waals surface area (Å²) in [6.45, 7) is 1.91. The summed E-state index contributed by atoms with van der Waals surface area (Å²) in [5, 5.41) is 9.65. The number of rotatable bonds is 4. The highest BCUT2D eigenvalue weighted by molar-refractivity contribution is 7.99. The second kappa shape index (κ2) is 6.91. The minimum absolute atomic E-state index is 0.0962. The smallest absolute Gasteiger partial charge is 0.191 e. The van der Waals surface area contributed by atoms with Crippen LogP contribution in [0.2, 0.25) is 5.02 Å². The first-order valence-corrected chi connectivity index (χ1v) is 8.48. The highest BCUT2D eigenvalue weighted by Crippen LogP contribution is 2.35. The van der Waals surface area contributed by atoms with Crippen molar-refractivity contribution in [2.45, 2.75) is 17.3 Å². The Morgan fingerprint density at radius 2 is 1.75 bits per heavy atom. The third kappa shape index (κ3) is 3.44. The standard InChI is InChI=1S/C17H14ClF2N3S/c1-10(12-5-8-14(19)15(20)9-12)24-17-22-21-16(23(17)2)11-3-6-13(18)7-4-11/h3-10H,1-2H3. The molecule has 0 N–H and O–H groups in total. The summed E-state index contributed by atoms with van der Waals surface area (Å²) in [6.07, 6.45) is 0. The quantitative estimate of drug-likeness (QED) is 0.590. The van der Waals surface area contributed by atoms with Gasteiger partial charge in [0, 0.05) is 22.9 Å². The number of benzene rings is 2. The summed E-state index contributed by atoms with van der Waals surface area (Å²) >= 11 is 7.33. The number of nitrogens with zero attached hydrogens (tertiary/aromatic N) is 3. The van der Waals surface area contributed by atoms with Gasteiger partial charge in [0.15, 0.2) is 22.6 Å². The molecule has 1 atom stereocenters. The molecule has 24 heavy (non-hydrogen) atoms. The van der Waals surface area contributed by atoms with Crippen LogP contribution in [0.3, 0.4) is 0 Å². The highest BCUT2D eigenvalue weighted by atomic mass is 35.5. The molecule has 3 nitrogen and oxygen atoms in total. The second-order valence-corrected chi connectivity index (χ2v) is 7.05. The van der Waals surface area contributed by atoms with Crippen molar-refractivity contribution in [3.05, 3.63) is 64.7 Å². The van der Waals surface area contributed by atoms with Crippen LogP contribution in [0.15, 0.2) is 47.6 Å². The van der Waals surface area contributed by atoms with Gasteiger partial charge in [-0.25, -0.2) is 8.78 Å². The molecule has 0 bridgehead atoms. The molecule has 124 valence electrons. The lowest BCUT2D eigenvalue weighted by Gasteiger charge is -2.11. The van der Waals surface area contributed by atoms with Crippen LogP contribution >= 0.6 is 23.4 Å². The largest absolute Gasteiger partial charge is 0.305 e. The lowest BCUT2D eigenvalue weighted by Crippen LogP contribution is -1.97. The van der Waals surface area contributed by atoms with E-state index in [9.17, 15) is 8.78 Å². The van der Waals surface area contributed by atoms with E-state index >= 15 is 0 Å². The minimum atomic E-state index is -0.848. The van der Waals surface area contributed by atoms with Crippen molar-refractivity contribution in [3.8, 4) is 11.4 Å². The number of thioether (sulfide) groups is 1. The van der Waals surface area contributed by atoms with Gasteiger partial charge in [0.1, 0.15) is 0 Å². The van der Waals surface area contributed by atoms with Gasteiger partial charge in [0.05, 0.1) is 0 Å². The van der Waals surface area contributed by atoms with Crippen molar-refractivity contribution in [1.82, 2.24) is 14.8 Å². The fourth-order valence-electron chi connectivity index (χ4n) is 2.26. The summed E-state index contributed by atoms with van der Waals surface area (Å²) in [5.41, 5.74) is 1.59. The molecule has 1 aromatic heterocycles. The van der Waals surface area contributed by atoms with E-state index in [-0.39, 0.29) is 5.25 Å². The molecule has 0 radical (unpaired) electrons. The van der Waals surface area contributed by atoms with Crippen LogP contribution in [0.5, 0.6) is 0 Å². The van der Waals surface area contributed by atoms with Gasteiger partial charge in [0.25, 0.3) is 0 Å². The van der Waals surface area contributed by atoms with Crippen LogP contribution in [0.4, 0.5) is 8.78 Å². The predicted octanol–water partition coefficient (Wildman–Crippen LogP) is 5.27. The Morgan fingerprint density at radius 3 is 2.42 bits per heavy atom. The minimum Gasteiger partial charge on any atom is -0.305 e. The normalized spacial score (nSPS) is 12.4. The Morgan fingerprint density at radius 1 is 1.04 bits per heavy atom. The van der Waals surface area contributed by atoms with Crippen LogP contribution in [0.25, 0.3) is 11.4 Å². The summed E-state index contributed by atoms with van der Waals surface area (Å²) in [6, 6.07) is 11.3. The highest BCUT2D eigenvalue weighted by Gasteiger charge is 2.16. The Kier molecular flexibility index (Phi) is 4.87. The maximum Gasteiger partial charge on any atom is 0.191 e. The first-order chi connectivity index (χ1) is 11.5. The van der Waals surface area contributed by atoms with Crippen molar-refractivity contribution >= 4 is 23.4 Å². The molecule has 1 heterocycles. The molecule has 0 saturated carbocycles. The maximum atomic E-state index is 13.4. The van der Waals surface area contributed by atoms with E-state index in [1.165, 1.54) is 17.8 Å². The number of hydrogen-bond donors (Lipinski definition) is 0. The van der Waals surface area contributed by atoms with Gasteiger partial charge in [-0.2, -0.15) is 0 Å². The lowest BCUT2D eigenvalue weighted by atomic mass is 10.1. The molecule has 0 fully saturated rings. The van der Waals surface area contributed by atoms with Crippen molar-refractivity contribution in [3.63, 3.8) is 0 Å². The Labute approximate surface area is 147 Å². The molecule has 0 aliphatic carbocycles. The van der Waals surface area contributed by atoms with Crippen molar-refractivity contribution in [1.29, 1.82) is 0 Å². The van der Waals surface area contributed by atoms with Crippen LogP contribution < -0.4 is 0 Å². The SMILES string of the molecule is CC(Sc1nnc(-c2ccc(Cl)cc2)n1C)c1ccc(F)c(F)c1. The van der Waals surface area contributed by atoms with Gasteiger partial charge in [0.2, 0.25) is 0 Å². The molecule has 0 aliphatic heterocycles. The third-order valence-electron chi connectivity index (χ3n) is 3.63. The fraction of sp³-hybridized carbons (Fsp3) is 0.176. The average molecular weight is 366 g/mol. The average Bonchev–Trinajstić information content (AvgIpc) is 2.92. The van der Waals surface area contributed by atoms with E-state index in [0.717, 1.165) is 11.6 Å². The van der Waals surface area contributed by atoms with Gasteiger partial charge in [-0.3, -0.25) is 0 Å². The molecule has 3 rings (SSSR count). The van der Waals surface area contributed by atoms with Gasteiger partial charge < -0.3 is 4.57 Å². The van der Waals surface area contributed by atoms with E-state index < -0.39 is 11.6 Å². The molecule has 2 aromatic carbocycles. The molecular formula is C17H14ClF2N3S. The maximum absolute atomic E-state index is 13.4. The van der Waals surface area contributed by atoms with E-state index in [4.69, 9.17) is 11.6 Å². The predicted molar refractivity (Wildman–Crippen MR) is 92.1 cm³/mol. The second-order valence-electron chi connectivity index (χ2n) is 5.31. The van der Waals surface area contributed by atoms with Crippen LogP contribution in [-0.2, 0) is 7.05 Å². The van der Waals surface area contributed by atoms with E-state index in [1.54, 1.807) is 18.2 Å². The number of hydrogen-bond acceptors (Lipinski definition) is 3. The molecule has 3 aromatic rings. The molecule has 0 aliphatic rings. The van der Waals surface area contributed by atoms with Gasteiger partial charge >= 0.3 is 0 Å². The molecule has 7 heteroatoms. The molecule has 1 unspecified atom stereocenters. The van der Waals surface area contributed by atoms with Crippen LogP contribution in [0, 0.1) is 11.6 Å². The molecule has 0 spiro atoms. The molecule has 0 saturated heterocycles. The van der Waals surface area contributed by atoms with Gasteiger partial charge in [-0.05, 0) is 48.9 Å². The Bertz CT molecular complexity index is 865. The lowest BCUT2D eigenvalue weighted by molar-refractivity contribution is 0.507. The molecule has 0 amide bonds. The van der Waals surface area contributed by atoms with Gasteiger partial charge in [-0.15, -0.1) is 10.2 Å². The monoisotopic (exact) mass is 365 g/mol. The number of aromatic nitrogens is 3. The Hall–Kier alpha value is -1.92. The summed E-state index contributed by atoms with van der Waals surface area (Å²) in [5.74, 6) is -0.981. The fourth-order valence-corrected chi connectivity index (χ4v) is 3.32. The first-order valence-electron chi connectivity index (χ1n) is 7.22. The van der Waals surface area contributed by atoms with Crippen molar-refractivity contribution in [2.75, 3.05) is 0 Å². The molecular weight excluding hydrogens is 352 g/mol.